The van der Waals surface area contributed by atoms with E-state index in [4.69, 9.17) is 4.42 Å². The summed E-state index contributed by atoms with van der Waals surface area (Å²) >= 11 is 0. The van der Waals surface area contributed by atoms with E-state index < -0.39 is 0 Å². The molecule has 4 rings (SSSR count). The second-order valence-electron chi connectivity index (χ2n) is 8.01. The van der Waals surface area contributed by atoms with Crippen LogP contribution in [0.5, 0.6) is 0 Å². The fraction of sp³-hybridized carbons (Fsp3) is 0.333. The normalized spacial score (nSPS) is 15.0. The summed E-state index contributed by atoms with van der Waals surface area (Å²) in [5, 5.41) is 0.964. The number of aryl methyl sites for hydroxylation is 2. The number of hydrogen-bond donors (Lipinski definition) is 0. The summed E-state index contributed by atoms with van der Waals surface area (Å²) in [6, 6.07) is 10.2. The Morgan fingerprint density at radius 1 is 1.03 bits per heavy atom. The molecule has 0 amide bonds. The van der Waals surface area contributed by atoms with Crippen molar-refractivity contribution in [2.24, 2.45) is 0 Å². The highest BCUT2D eigenvalue weighted by Crippen LogP contribution is 2.25. The second kappa shape index (κ2) is 8.03. The summed E-state index contributed by atoms with van der Waals surface area (Å²) in [5.74, 6) is -0.510. The lowest BCUT2D eigenvalue weighted by atomic mass is 10.0. The van der Waals surface area contributed by atoms with Crippen LogP contribution in [0.2, 0.25) is 0 Å². The number of rotatable bonds is 4. The van der Waals surface area contributed by atoms with Gasteiger partial charge >= 0.3 is 5.63 Å². The van der Waals surface area contributed by atoms with Gasteiger partial charge in [0.2, 0.25) is 0 Å². The lowest BCUT2D eigenvalue weighted by Gasteiger charge is -2.36. The summed E-state index contributed by atoms with van der Waals surface area (Å²) in [5.41, 5.74) is 4.39. The molecule has 2 aromatic carbocycles. The molecule has 1 saturated heterocycles. The minimum atomic E-state index is -0.367. The molecule has 156 valence electrons. The smallest absolute Gasteiger partial charge is 0.336 e. The molecule has 0 radical (unpaired) electrons. The maximum absolute atomic E-state index is 14.5. The van der Waals surface area contributed by atoms with Crippen molar-refractivity contribution in [3.8, 4) is 0 Å². The number of benzene rings is 2. The Morgan fingerprint density at radius 2 is 1.73 bits per heavy atom. The van der Waals surface area contributed by atoms with Gasteiger partial charge in [-0.15, -0.1) is 0 Å². The molecule has 0 bridgehead atoms. The molecule has 0 saturated carbocycles. The highest BCUT2D eigenvalue weighted by molar-refractivity contribution is 5.94. The minimum absolute atomic E-state index is 0.143. The van der Waals surface area contributed by atoms with Crippen molar-refractivity contribution in [1.82, 2.24) is 4.90 Å². The van der Waals surface area contributed by atoms with Crippen molar-refractivity contribution in [2.75, 3.05) is 31.1 Å². The van der Waals surface area contributed by atoms with E-state index in [2.05, 4.69) is 11.0 Å². The van der Waals surface area contributed by atoms with Crippen LogP contribution in [0.1, 0.15) is 34.0 Å². The fourth-order valence-electron chi connectivity index (χ4n) is 3.98. The lowest BCUT2D eigenvalue weighted by molar-refractivity contribution is 0.101. The van der Waals surface area contributed by atoms with Crippen LogP contribution >= 0.6 is 0 Å². The molecule has 0 aliphatic carbocycles. The summed E-state index contributed by atoms with van der Waals surface area (Å²) in [7, 11) is 0. The number of ketones is 1. The van der Waals surface area contributed by atoms with E-state index in [1.54, 1.807) is 18.2 Å². The van der Waals surface area contributed by atoms with Crippen LogP contribution in [0.15, 0.2) is 45.6 Å². The Morgan fingerprint density at radius 3 is 2.40 bits per heavy atom. The van der Waals surface area contributed by atoms with Gasteiger partial charge in [0.05, 0.1) is 5.69 Å². The average molecular weight is 408 g/mol. The SMILES string of the molecule is CC(=O)c1ccc(N2CCN(Cc3cc(=O)oc4cc(C)c(C)cc34)CC2)c(F)c1. The van der Waals surface area contributed by atoms with E-state index in [1.807, 2.05) is 24.8 Å². The van der Waals surface area contributed by atoms with Gasteiger partial charge in [0.15, 0.2) is 5.78 Å². The van der Waals surface area contributed by atoms with Gasteiger partial charge in [-0.3, -0.25) is 9.69 Å². The second-order valence-corrected chi connectivity index (χ2v) is 8.01. The molecule has 0 spiro atoms. The Balaban J connectivity index is 1.50. The molecule has 1 aromatic heterocycles. The number of fused-ring (bicyclic) bond motifs is 1. The summed E-state index contributed by atoms with van der Waals surface area (Å²) < 4.78 is 19.9. The molecule has 1 aliphatic heterocycles. The van der Waals surface area contributed by atoms with Crippen LogP contribution in [-0.4, -0.2) is 36.9 Å². The molecule has 2 heterocycles. The van der Waals surface area contributed by atoms with Crippen molar-refractivity contribution in [3.05, 3.63) is 74.9 Å². The molecule has 0 N–H and O–H groups in total. The third-order valence-electron chi connectivity index (χ3n) is 5.91. The quantitative estimate of drug-likeness (QED) is 0.481. The predicted molar refractivity (Wildman–Crippen MR) is 116 cm³/mol. The summed E-state index contributed by atoms with van der Waals surface area (Å²) in [6.45, 7) is 8.98. The number of nitrogens with zero attached hydrogens (tertiary/aromatic N) is 2. The topological polar surface area (TPSA) is 53.8 Å². The Labute approximate surface area is 174 Å². The molecule has 1 aliphatic rings. The van der Waals surface area contributed by atoms with Crippen molar-refractivity contribution in [3.63, 3.8) is 0 Å². The Kier molecular flexibility index (Phi) is 5.43. The summed E-state index contributed by atoms with van der Waals surface area (Å²) in [4.78, 5) is 27.7. The molecule has 1 fully saturated rings. The van der Waals surface area contributed by atoms with E-state index in [0.29, 0.717) is 36.5 Å². The third kappa shape index (κ3) is 4.00. The number of carbonyl (C=O) groups excluding carboxylic acids is 1. The largest absolute Gasteiger partial charge is 0.423 e. The number of carbonyl (C=O) groups is 1. The van der Waals surface area contributed by atoms with Gasteiger partial charge in [0.1, 0.15) is 11.4 Å². The van der Waals surface area contributed by atoms with Gasteiger partial charge in [-0.05, 0) is 67.8 Å². The number of piperazine rings is 1. The highest BCUT2D eigenvalue weighted by Gasteiger charge is 2.21. The predicted octanol–water partition coefficient (Wildman–Crippen LogP) is 4.07. The standard InChI is InChI=1S/C24H25FN2O3/c1-15-10-20-19(13-24(29)30-23(20)11-16(15)2)14-26-6-8-27(9-7-26)22-5-4-18(17(3)28)12-21(22)25/h4-5,10-13H,6-9,14H2,1-3H3. The van der Waals surface area contributed by atoms with Crippen LogP contribution < -0.4 is 10.5 Å². The van der Waals surface area contributed by atoms with Crippen molar-refractivity contribution >= 4 is 22.4 Å². The first-order chi connectivity index (χ1) is 14.3. The number of hydrogen-bond acceptors (Lipinski definition) is 5. The van der Waals surface area contributed by atoms with Crippen LogP contribution in [0.25, 0.3) is 11.0 Å². The fourth-order valence-corrected chi connectivity index (χ4v) is 3.98. The molecular formula is C24H25FN2O3. The van der Waals surface area contributed by atoms with Gasteiger partial charge in [0.25, 0.3) is 0 Å². The zero-order valence-electron chi connectivity index (χ0n) is 17.5. The number of halogens is 1. The molecule has 0 unspecified atom stereocenters. The number of Topliss-reactive ketones (excluding diaryl/α,β-unsaturated/α-hetero) is 1. The lowest BCUT2D eigenvalue weighted by Crippen LogP contribution is -2.46. The van der Waals surface area contributed by atoms with Crippen molar-refractivity contribution in [2.45, 2.75) is 27.3 Å². The molecule has 3 aromatic rings. The first kappa shape index (κ1) is 20.3. The molecule has 0 atom stereocenters. The zero-order valence-corrected chi connectivity index (χ0v) is 17.5. The molecule has 5 nitrogen and oxygen atoms in total. The van der Waals surface area contributed by atoms with E-state index in [1.165, 1.54) is 13.0 Å². The summed E-state index contributed by atoms with van der Waals surface area (Å²) in [6.07, 6.45) is 0. The van der Waals surface area contributed by atoms with Gasteiger partial charge < -0.3 is 9.32 Å². The molecule has 30 heavy (non-hydrogen) atoms. The zero-order chi connectivity index (χ0) is 21.4. The van der Waals surface area contributed by atoms with E-state index >= 15 is 0 Å². The van der Waals surface area contributed by atoms with E-state index in [9.17, 15) is 14.0 Å². The first-order valence-corrected chi connectivity index (χ1v) is 10.1. The Bertz CT molecular complexity index is 1180. The Hall–Kier alpha value is -2.99. The third-order valence-corrected chi connectivity index (χ3v) is 5.91. The highest BCUT2D eigenvalue weighted by atomic mass is 19.1. The van der Waals surface area contributed by atoms with Gasteiger partial charge in [0, 0.05) is 49.7 Å². The van der Waals surface area contributed by atoms with Gasteiger partial charge in [-0.2, -0.15) is 0 Å². The minimum Gasteiger partial charge on any atom is -0.423 e. The average Bonchev–Trinajstić information content (AvgIpc) is 2.70. The van der Waals surface area contributed by atoms with Crippen LogP contribution in [0, 0.1) is 19.7 Å². The van der Waals surface area contributed by atoms with Crippen LogP contribution in [-0.2, 0) is 6.54 Å². The van der Waals surface area contributed by atoms with Gasteiger partial charge in [-0.1, -0.05) is 0 Å². The number of anilines is 1. The van der Waals surface area contributed by atoms with E-state index in [0.717, 1.165) is 35.2 Å². The van der Waals surface area contributed by atoms with Crippen molar-refractivity contribution < 1.29 is 13.6 Å². The van der Waals surface area contributed by atoms with Gasteiger partial charge in [-0.25, -0.2) is 9.18 Å². The molecular weight excluding hydrogens is 383 g/mol. The first-order valence-electron chi connectivity index (χ1n) is 10.1. The van der Waals surface area contributed by atoms with Crippen LogP contribution in [0.4, 0.5) is 10.1 Å². The maximum atomic E-state index is 14.5. The monoisotopic (exact) mass is 408 g/mol. The van der Waals surface area contributed by atoms with Crippen LogP contribution in [0.3, 0.4) is 0 Å². The maximum Gasteiger partial charge on any atom is 0.336 e. The van der Waals surface area contributed by atoms with Crippen molar-refractivity contribution in [1.29, 1.82) is 0 Å². The van der Waals surface area contributed by atoms with E-state index in [-0.39, 0.29) is 17.2 Å². The molecule has 6 heteroatoms.